The molecule has 0 amide bonds. The van der Waals surface area contributed by atoms with Crippen molar-refractivity contribution in [1.29, 1.82) is 0 Å². The fourth-order valence-electron chi connectivity index (χ4n) is 2.79. The molecule has 3 aromatic carbocycles. The third-order valence-corrected chi connectivity index (χ3v) is 4.21. The molecule has 4 rings (SSSR count). The smallest absolute Gasteiger partial charge is 0.344 e. The molecule has 0 aliphatic rings. The number of nitrogens with zero attached hydrogens (tertiary/aromatic N) is 1. The van der Waals surface area contributed by atoms with Gasteiger partial charge in [-0.25, -0.2) is 13.6 Å². The number of aromatic nitrogens is 1. The molecule has 0 atom stereocenters. The van der Waals surface area contributed by atoms with E-state index in [1.54, 1.807) is 6.07 Å². The summed E-state index contributed by atoms with van der Waals surface area (Å²) in [5.41, 5.74) is 0.360. The number of hydrogen-bond acceptors (Lipinski definition) is 5. The number of hydrogen-bond donors (Lipinski definition) is 0. The lowest BCUT2D eigenvalue weighted by molar-refractivity contribution is -0.147. The Morgan fingerprint density at radius 2 is 1.79 bits per heavy atom. The highest BCUT2D eigenvalue weighted by Gasteiger charge is 2.14. The van der Waals surface area contributed by atoms with E-state index in [4.69, 9.17) is 14.0 Å². The van der Waals surface area contributed by atoms with Gasteiger partial charge in [0.15, 0.2) is 12.4 Å². The normalized spacial score (nSPS) is 10.8. The van der Waals surface area contributed by atoms with Crippen LogP contribution in [0.5, 0.6) is 5.75 Å². The van der Waals surface area contributed by atoms with Gasteiger partial charge in [0.1, 0.15) is 29.7 Å². The highest BCUT2D eigenvalue weighted by molar-refractivity contribution is 5.83. The number of rotatable bonds is 6. The maximum atomic E-state index is 13.8. The number of halogens is 2. The zero-order valence-electron chi connectivity index (χ0n) is 15.1. The number of fused-ring (bicyclic) bond motifs is 1. The van der Waals surface area contributed by atoms with Gasteiger partial charge in [0.05, 0.1) is 5.56 Å². The van der Waals surface area contributed by atoms with Crippen LogP contribution in [0.25, 0.3) is 22.1 Å². The van der Waals surface area contributed by atoms with Crippen molar-refractivity contribution in [1.82, 2.24) is 5.16 Å². The predicted octanol–water partition coefficient (Wildman–Crippen LogP) is 4.90. The summed E-state index contributed by atoms with van der Waals surface area (Å²) in [5.74, 6) is -1.38. The van der Waals surface area contributed by atoms with Crippen LogP contribution < -0.4 is 4.74 Å². The molecule has 1 heterocycles. The van der Waals surface area contributed by atoms with Crippen molar-refractivity contribution in [2.24, 2.45) is 0 Å². The number of benzene rings is 3. The summed E-state index contributed by atoms with van der Waals surface area (Å²) in [6.45, 7) is -0.429. The average molecular weight is 395 g/mol. The standard InChI is InChI=1S/C22H15F2NO4/c23-16-6-8-19(20(24)10-16)21-11-17(25-29-21)12-28-22(26)13-27-18-7-5-14-3-1-2-4-15(14)9-18/h1-11H,12-13H2. The molecule has 1 aromatic heterocycles. The van der Waals surface area contributed by atoms with Gasteiger partial charge >= 0.3 is 5.97 Å². The molecule has 0 aliphatic heterocycles. The molecule has 0 bridgehead atoms. The molecule has 4 aromatic rings. The highest BCUT2D eigenvalue weighted by Crippen LogP contribution is 2.24. The first-order chi connectivity index (χ1) is 14.1. The molecule has 0 spiro atoms. The molecule has 0 saturated carbocycles. The lowest BCUT2D eigenvalue weighted by atomic mass is 10.1. The fourth-order valence-corrected chi connectivity index (χ4v) is 2.79. The van der Waals surface area contributed by atoms with Gasteiger partial charge < -0.3 is 14.0 Å². The number of carbonyl (C=O) groups excluding carboxylic acids is 1. The molecule has 0 saturated heterocycles. The molecular formula is C22H15F2NO4. The highest BCUT2D eigenvalue weighted by atomic mass is 19.1. The summed E-state index contributed by atoms with van der Waals surface area (Å²) in [5, 5.41) is 5.80. The molecule has 0 unspecified atom stereocenters. The van der Waals surface area contributed by atoms with Gasteiger partial charge in [0, 0.05) is 12.1 Å². The van der Waals surface area contributed by atoms with E-state index in [9.17, 15) is 13.6 Å². The molecule has 146 valence electrons. The molecule has 0 N–H and O–H groups in total. The number of carbonyl (C=O) groups is 1. The van der Waals surface area contributed by atoms with Crippen LogP contribution in [0, 0.1) is 11.6 Å². The second kappa shape index (κ2) is 8.10. The topological polar surface area (TPSA) is 61.6 Å². The zero-order valence-corrected chi connectivity index (χ0v) is 15.1. The molecule has 0 fully saturated rings. The van der Waals surface area contributed by atoms with E-state index in [-0.39, 0.29) is 24.5 Å². The molecular weight excluding hydrogens is 380 g/mol. The van der Waals surface area contributed by atoms with Crippen LogP contribution in [0.1, 0.15) is 5.69 Å². The van der Waals surface area contributed by atoms with Crippen molar-refractivity contribution >= 4 is 16.7 Å². The first-order valence-electron chi connectivity index (χ1n) is 8.77. The van der Waals surface area contributed by atoms with Crippen molar-refractivity contribution < 1.29 is 27.6 Å². The van der Waals surface area contributed by atoms with Gasteiger partial charge in [-0.2, -0.15) is 0 Å². The van der Waals surface area contributed by atoms with Crippen molar-refractivity contribution in [2.75, 3.05) is 6.61 Å². The van der Waals surface area contributed by atoms with Gasteiger partial charge in [0.25, 0.3) is 0 Å². The fraction of sp³-hybridized carbons (Fsp3) is 0.0909. The lowest BCUT2D eigenvalue weighted by Crippen LogP contribution is -2.14. The van der Waals surface area contributed by atoms with E-state index in [0.717, 1.165) is 22.9 Å². The Kier molecular flexibility index (Phi) is 5.20. The Labute approximate surface area is 164 Å². The Bertz CT molecular complexity index is 1170. The average Bonchev–Trinajstić information content (AvgIpc) is 3.19. The summed E-state index contributed by atoms with van der Waals surface area (Å²) in [7, 11) is 0. The maximum absolute atomic E-state index is 13.8. The van der Waals surface area contributed by atoms with Crippen molar-refractivity contribution in [3.05, 3.63) is 84.1 Å². The quantitative estimate of drug-likeness (QED) is 0.435. The van der Waals surface area contributed by atoms with E-state index in [2.05, 4.69) is 5.16 Å². The van der Waals surface area contributed by atoms with Gasteiger partial charge in [-0.05, 0) is 35.0 Å². The van der Waals surface area contributed by atoms with Crippen LogP contribution >= 0.6 is 0 Å². The molecule has 5 nitrogen and oxygen atoms in total. The van der Waals surface area contributed by atoms with E-state index in [0.29, 0.717) is 11.4 Å². The Morgan fingerprint density at radius 3 is 2.62 bits per heavy atom. The predicted molar refractivity (Wildman–Crippen MR) is 101 cm³/mol. The van der Waals surface area contributed by atoms with E-state index in [1.165, 1.54) is 12.1 Å². The molecule has 0 radical (unpaired) electrons. The monoisotopic (exact) mass is 395 g/mol. The van der Waals surface area contributed by atoms with E-state index in [1.807, 2.05) is 36.4 Å². The third kappa shape index (κ3) is 4.40. The van der Waals surface area contributed by atoms with Crippen molar-refractivity contribution in [2.45, 2.75) is 6.61 Å². The van der Waals surface area contributed by atoms with E-state index < -0.39 is 17.6 Å². The van der Waals surface area contributed by atoms with Crippen LogP contribution in [0.15, 0.2) is 71.3 Å². The Balaban J connectivity index is 1.32. The Hall–Kier alpha value is -3.74. The van der Waals surface area contributed by atoms with Crippen LogP contribution in [-0.2, 0) is 16.1 Å². The maximum Gasteiger partial charge on any atom is 0.344 e. The Morgan fingerprint density at radius 1 is 0.966 bits per heavy atom. The molecule has 7 heteroatoms. The minimum absolute atomic E-state index is 0.0658. The lowest BCUT2D eigenvalue weighted by Gasteiger charge is -2.07. The van der Waals surface area contributed by atoms with Crippen LogP contribution in [0.3, 0.4) is 0 Å². The summed E-state index contributed by atoms with van der Waals surface area (Å²) >= 11 is 0. The third-order valence-electron chi connectivity index (χ3n) is 4.21. The molecule has 0 aliphatic carbocycles. The van der Waals surface area contributed by atoms with E-state index >= 15 is 0 Å². The summed E-state index contributed by atoms with van der Waals surface area (Å²) < 4.78 is 42.4. The first kappa shape index (κ1) is 18.6. The summed E-state index contributed by atoms with van der Waals surface area (Å²) in [6, 6.07) is 17.9. The molecule has 29 heavy (non-hydrogen) atoms. The van der Waals surface area contributed by atoms with Gasteiger partial charge in [0.2, 0.25) is 0 Å². The second-order valence-corrected chi connectivity index (χ2v) is 6.26. The minimum Gasteiger partial charge on any atom is -0.482 e. The number of esters is 1. The number of ether oxygens (including phenoxy) is 2. The summed E-state index contributed by atoms with van der Waals surface area (Å²) in [6.07, 6.45) is 0. The SMILES string of the molecule is O=C(COc1ccc2ccccc2c1)OCc1cc(-c2ccc(F)cc2F)on1. The first-order valence-corrected chi connectivity index (χ1v) is 8.77. The minimum atomic E-state index is -0.770. The van der Waals surface area contributed by atoms with Crippen molar-refractivity contribution in [3.8, 4) is 17.1 Å². The zero-order chi connectivity index (χ0) is 20.2. The van der Waals surface area contributed by atoms with Gasteiger partial charge in [-0.1, -0.05) is 35.5 Å². The van der Waals surface area contributed by atoms with Gasteiger partial charge in [-0.3, -0.25) is 0 Å². The second-order valence-electron chi connectivity index (χ2n) is 6.26. The summed E-state index contributed by atoms with van der Waals surface area (Å²) in [4.78, 5) is 11.9. The van der Waals surface area contributed by atoms with Crippen molar-refractivity contribution in [3.63, 3.8) is 0 Å². The van der Waals surface area contributed by atoms with Crippen LogP contribution in [0.4, 0.5) is 8.78 Å². The largest absolute Gasteiger partial charge is 0.482 e. The van der Waals surface area contributed by atoms with Crippen LogP contribution in [0.2, 0.25) is 0 Å². The van der Waals surface area contributed by atoms with Crippen LogP contribution in [-0.4, -0.2) is 17.7 Å². The van der Waals surface area contributed by atoms with Gasteiger partial charge in [-0.15, -0.1) is 0 Å².